The van der Waals surface area contributed by atoms with Crippen LogP contribution in [0, 0.1) is 11.3 Å². The minimum atomic E-state index is 0.150. The van der Waals surface area contributed by atoms with Gasteiger partial charge in [0.2, 0.25) is 0 Å². The van der Waals surface area contributed by atoms with Gasteiger partial charge in [-0.3, -0.25) is 0 Å². The third-order valence-electron chi connectivity index (χ3n) is 3.85. The molecule has 0 fully saturated rings. The molecule has 0 radical (unpaired) electrons. The maximum atomic E-state index is 9.57. The summed E-state index contributed by atoms with van der Waals surface area (Å²) in [7, 11) is 0. The van der Waals surface area contributed by atoms with Crippen LogP contribution in [0.5, 0.6) is 5.75 Å². The second-order valence-corrected chi connectivity index (χ2v) is 6.30. The number of para-hydroxylation sites is 1. The van der Waals surface area contributed by atoms with Crippen molar-refractivity contribution in [1.29, 1.82) is 5.26 Å². The van der Waals surface area contributed by atoms with E-state index in [1.54, 1.807) is 18.2 Å². The predicted molar refractivity (Wildman–Crippen MR) is 105 cm³/mol. The number of nitrogens with two attached hydrogens (primary N) is 1. The normalized spacial score (nSPS) is 10.4. The van der Waals surface area contributed by atoms with Crippen LogP contribution < -0.4 is 10.5 Å². The number of ether oxygens (including phenoxy) is 1. The molecule has 1 heterocycles. The van der Waals surface area contributed by atoms with Crippen LogP contribution in [-0.2, 0) is 0 Å². The molecule has 0 aliphatic carbocycles. The topological polar surface area (TPSA) is 71.9 Å². The van der Waals surface area contributed by atoms with Crippen LogP contribution in [0.25, 0.3) is 22.4 Å². The minimum absolute atomic E-state index is 0.150. The van der Waals surface area contributed by atoms with Gasteiger partial charge in [-0.05, 0) is 31.2 Å². The van der Waals surface area contributed by atoms with Crippen LogP contribution in [-0.4, -0.2) is 11.6 Å². The molecule has 3 rings (SSSR count). The van der Waals surface area contributed by atoms with Gasteiger partial charge in [-0.2, -0.15) is 5.26 Å². The fourth-order valence-corrected chi connectivity index (χ4v) is 2.97. The number of nitrogens with zero attached hydrogens (tertiary/aromatic N) is 2. The zero-order chi connectivity index (χ0) is 18.7. The van der Waals surface area contributed by atoms with Crippen LogP contribution in [0.15, 0.2) is 48.5 Å². The first kappa shape index (κ1) is 18.1. The highest BCUT2D eigenvalue weighted by atomic mass is 35.5. The summed E-state index contributed by atoms with van der Waals surface area (Å²) in [5, 5.41) is 10.5. The van der Waals surface area contributed by atoms with E-state index < -0.39 is 0 Å². The van der Waals surface area contributed by atoms with Gasteiger partial charge in [0.25, 0.3) is 0 Å². The summed E-state index contributed by atoms with van der Waals surface area (Å²) in [5.74, 6) is 0.828. The molecule has 0 amide bonds. The van der Waals surface area contributed by atoms with Gasteiger partial charge < -0.3 is 10.5 Å². The zero-order valence-corrected chi connectivity index (χ0v) is 15.5. The number of nitrogen functional groups attached to an aromatic ring is 1. The van der Waals surface area contributed by atoms with E-state index in [0.717, 1.165) is 11.1 Å². The summed E-state index contributed by atoms with van der Waals surface area (Å²) in [6.07, 6.45) is 0. The number of halogens is 2. The highest BCUT2D eigenvalue weighted by molar-refractivity contribution is 6.42. The third kappa shape index (κ3) is 3.45. The number of pyridine rings is 1. The second-order valence-electron chi connectivity index (χ2n) is 5.49. The number of hydrogen-bond acceptors (Lipinski definition) is 4. The Morgan fingerprint density at radius 2 is 1.85 bits per heavy atom. The van der Waals surface area contributed by atoms with Crippen LogP contribution in [0.4, 0.5) is 5.82 Å². The van der Waals surface area contributed by atoms with Gasteiger partial charge >= 0.3 is 0 Å². The third-order valence-corrected chi connectivity index (χ3v) is 4.59. The van der Waals surface area contributed by atoms with Crippen molar-refractivity contribution < 1.29 is 4.74 Å². The standard InChI is InChI=1S/C20H15Cl2N3O/c1-2-26-19-6-4-3-5-13(19)14-10-18(25-20(24)15(14)11-23)12-7-8-16(21)17(22)9-12/h3-10H,2H2,1H3,(H2,24,25). The first-order valence-corrected chi connectivity index (χ1v) is 8.69. The van der Waals surface area contributed by atoms with Gasteiger partial charge in [0.05, 0.1) is 22.3 Å². The van der Waals surface area contributed by atoms with Crippen LogP contribution in [0.1, 0.15) is 12.5 Å². The number of rotatable bonds is 4. The molecule has 0 saturated heterocycles. The number of aromatic nitrogens is 1. The van der Waals surface area contributed by atoms with Gasteiger partial charge in [0.15, 0.2) is 0 Å². The Balaban J connectivity index is 2.24. The molecule has 2 N–H and O–H groups in total. The quantitative estimate of drug-likeness (QED) is 0.638. The summed E-state index contributed by atoms with van der Waals surface area (Å²) in [6.45, 7) is 2.42. The Labute approximate surface area is 161 Å². The molecule has 130 valence electrons. The Morgan fingerprint density at radius 3 is 2.54 bits per heavy atom. The van der Waals surface area contributed by atoms with Gasteiger partial charge in [0.1, 0.15) is 23.2 Å². The summed E-state index contributed by atoms with van der Waals surface area (Å²) in [4.78, 5) is 4.36. The maximum Gasteiger partial charge on any atom is 0.142 e. The van der Waals surface area contributed by atoms with Crippen molar-refractivity contribution in [3.63, 3.8) is 0 Å². The van der Waals surface area contributed by atoms with E-state index in [-0.39, 0.29) is 5.82 Å². The number of hydrogen-bond donors (Lipinski definition) is 1. The molecule has 0 unspecified atom stereocenters. The van der Waals surface area contributed by atoms with Crippen molar-refractivity contribution in [3.8, 4) is 34.2 Å². The van der Waals surface area contributed by atoms with Crippen molar-refractivity contribution in [1.82, 2.24) is 4.98 Å². The van der Waals surface area contributed by atoms with E-state index >= 15 is 0 Å². The monoisotopic (exact) mass is 383 g/mol. The Kier molecular flexibility index (Phi) is 5.32. The van der Waals surface area contributed by atoms with E-state index in [1.165, 1.54) is 0 Å². The maximum absolute atomic E-state index is 9.57. The largest absolute Gasteiger partial charge is 0.493 e. The lowest BCUT2D eigenvalue weighted by atomic mass is 9.97. The van der Waals surface area contributed by atoms with E-state index in [0.29, 0.717) is 39.2 Å². The van der Waals surface area contributed by atoms with Crippen LogP contribution in [0.2, 0.25) is 10.0 Å². The lowest BCUT2D eigenvalue weighted by Gasteiger charge is -2.14. The van der Waals surface area contributed by atoms with E-state index in [1.807, 2.05) is 37.3 Å². The lowest BCUT2D eigenvalue weighted by molar-refractivity contribution is 0.341. The minimum Gasteiger partial charge on any atom is -0.493 e. The van der Waals surface area contributed by atoms with Gasteiger partial charge in [0, 0.05) is 16.7 Å². The fourth-order valence-electron chi connectivity index (χ4n) is 2.67. The van der Waals surface area contributed by atoms with E-state index in [2.05, 4.69) is 11.1 Å². The Morgan fingerprint density at radius 1 is 1.08 bits per heavy atom. The molecule has 26 heavy (non-hydrogen) atoms. The summed E-state index contributed by atoms with van der Waals surface area (Å²) in [6, 6.07) is 16.7. The molecule has 0 bridgehead atoms. The smallest absolute Gasteiger partial charge is 0.142 e. The van der Waals surface area contributed by atoms with Gasteiger partial charge in [-0.25, -0.2) is 4.98 Å². The summed E-state index contributed by atoms with van der Waals surface area (Å²) >= 11 is 12.1. The summed E-state index contributed by atoms with van der Waals surface area (Å²) in [5.41, 5.74) is 9.16. The van der Waals surface area contributed by atoms with E-state index in [9.17, 15) is 5.26 Å². The van der Waals surface area contributed by atoms with Crippen molar-refractivity contribution in [2.75, 3.05) is 12.3 Å². The molecule has 0 spiro atoms. The molecular formula is C20H15Cl2N3O. The first-order valence-electron chi connectivity index (χ1n) is 7.93. The molecule has 0 aliphatic rings. The first-order chi connectivity index (χ1) is 12.5. The molecule has 0 saturated carbocycles. The highest BCUT2D eigenvalue weighted by Gasteiger charge is 2.16. The fraction of sp³-hybridized carbons (Fsp3) is 0.100. The van der Waals surface area contributed by atoms with Crippen LogP contribution >= 0.6 is 23.2 Å². The van der Waals surface area contributed by atoms with Gasteiger partial charge in [-0.1, -0.05) is 47.5 Å². The SMILES string of the molecule is CCOc1ccccc1-c1cc(-c2ccc(Cl)c(Cl)c2)nc(N)c1C#N. The molecular weight excluding hydrogens is 369 g/mol. The number of anilines is 1. The molecule has 4 nitrogen and oxygen atoms in total. The molecule has 6 heteroatoms. The van der Waals surface area contributed by atoms with Crippen molar-refractivity contribution in [2.45, 2.75) is 6.92 Å². The molecule has 3 aromatic rings. The Hall–Kier alpha value is -2.74. The number of nitriles is 1. The molecule has 0 atom stereocenters. The second kappa shape index (κ2) is 7.65. The molecule has 1 aromatic heterocycles. The van der Waals surface area contributed by atoms with Crippen molar-refractivity contribution >= 4 is 29.0 Å². The predicted octanol–water partition coefficient (Wildman–Crippen LogP) is 5.57. The van der Waals surface area contributed by atoms with Crippen molar-refractivity contribution in [3.05, 3.63) is 64.1 Å². The lowest BCUT2D eigenvalue weighted by Crippen LogP contribution is -2.01. The average molecular weight is 384 g/mol. The van der Waals surface area contributed by atoms with Gasteiger partial charge in [-0.15, -0.1) is 0 Å². The molecule has 2 aromatic carbocycles. The van der Waals surface area contributed by atoms with Crippen LogP contribution in [0.3, 0.4) is 0 Å². The highest BCUT2D eigenvalue weighted by Crippen LogP contribution is 2.37. The zero-order valence-electron chi connectivity index (χ0n) is 14.0. The van der Waals surface area contributed by atoms with E-state index in [4.69, 9.17) is 33.7 Å². The number of benzene rings is 2. The Bertz CT molecular complexity index is 1010. The summed E-state index contributed by atoms with van der Waals surface area (Å²) < 4.78 is 5.70. The average Bonchev–Trinajstić information content (AvgIpc) is 2.64. The van der Waals surface area contributed by atoms with Crippen molar-refractivity contribution in [2.24, 2.45) is 0 Å². The molecule has 0 aliphatic heterocycles.